The van der Waals surface area contributed by atoms with Crippen LogP contribution in [-0.2, 0) is 0 Å². The van der Waals surface area contributed by atoms with E-state index in [0.717, 1.165) is 22.6 Å². The van der Waals surface area contributed by atoms with Gasteiger partial charge in [-0.3, -0.25) is 9.59 Å². The van der Waals surface area contributed by atoms with E-state index in [0.29, 0.717) is 53.8 Å². The van der Waals surface area contributed by atoms with E-state index in [4.69, 9.17) is 28.4 Å². The monoisotopic (exact) mass is 608 g/mol. The van der Waals surface area contributed by atoms with Gasteiger partial charge in [-0.1, -0.05) is 36.4 Å². The van der Waals surface area contributed by atoms with Gasteiger partial charge in [0.25, 0.3) is 0 Å². The molecule has 232 valence electrons. The van der Waals surface area contributed by atoms with Crippen molar-refractivity contribution in [2.75, 3.05) is 41.7 Å². The Morgan fingerprint density at radius 1 is 0.511 bits per heavy atom. The Labute approximate surface area is 263 Å². The highest BCUT2D eigenvalue weighted by atomic mass is 16.5. The molecule has 0 saturated heterocycles. The number of methoxy groups -OCH3 is 4. The van der Waals surface area contributed by atoms with Gasteiger partial charge >= 0.3 is 0 Å². The lowest BCUT2D eigenvalue weighted by molar-refractivity contribution is 0.103. The maximum atomic E-state index is 12.6. The topological polar surface area (TPSA) is 89.5 Å². The lowest BCUT2D eigenvalue weighted by atomic mass is 10.1. The van der Waals surface area contributed by atoms with Crippen LogP contribution in [0.4, 0.5) is 0 Å². The van der Waals surface area contributed by atoms with Gasteiger partial charge in [0.05, 0.1) is 41.7 Å². The standard InChI is InChI=1S/C37H36O8/c1-40-34-20-12-28(24-36(34)42-3)32(38)18-10-26-6-14-30(15-7-26)44-22-5-23-45-31-16-8-27(9-17-31)11-19-33(39)29-13-21-35(41-2)37(25-29)43-4/h6-21,24-25H,5,22-23H2,1-4H3/b18-10-,19-11-. The van der Waals surface area contributed by atoms with Crippen molar-refractivity contribution >= 4 is 23.7 Å². The van der Waals surface area contributed by atoms with E-state index in [1.165, 1.54) is 26.4 Å². The fraction of sp³-hybridized carbons (Fsp3) is 0.189. The quantitative estimate of drug-likeness (QED) is 0.0741. The second-order valence-electron chi connectivity index (χ2n) is 9.72. The van der Waals surface area contributed by atoms with Gasteiger partial charge in [0, 0.05) is 17.5 Å². The summed E-state index contributed by atoms with van der Waals surface area (Å²) in [4.78, 5) is 25.1. The summed E-state index contributed by atoms with van der Waals surface area (Å²) in [6, 6.07) is 25.2. The molecule has 0 fully saturated rings. The Balaban J connectivity index is 1.18. The molecule has 4 aromatic rings. The van der Waals surface area contributed by atoms with E-state index >= 15 is 0 Å². The van der Waals surface area contributed by atoms with Gasteiger partial charge in [-0.05, 0) is 83.9 Å². The molecule has 8 nitrogen and oxygen atoms in total. The number of carbonyl (C=O) groups excluding carboxylic acids is 2. The molecule has 0 aromatic heterocycles. The third-order valence-electron chi connectivity index (χ3n) is 6.78. The first-order chi connectivity index (χ1) is 21.9. The van der Waals surface area contributed by atoms with Crippen LogP contribution in [0.3, 0.4) is 0 Å². The molecule has 45 heavy (non-hydrogen) atoms. The highest BCUT2D eigenvalue weighted by molar-refractivity contribution is 6.07. The molecule has 0 spiro atoms. The minimum Gasteiger partial charge on any atom is -0.493 e. The molecule has 0 radical (unpaired) electrons. The normalized spacial score (nSPS) is 10.9. The minimum atomic E-state index is -0.136. The van der Waals surface area contributed by atoms with E-state index in [9.17, 15) is 9.59 Å². The summed E-state index contributed by atoms with van der Waals surface area (Å²) in [5.41, 5.74) is 2.78. The molecule has 0 atom stereocenters. The van der Waals surface area contributed by atoms with Gasteiger partial charge in [-0.2, -0.15) is 0 Å². The summed E-state index contributed by atoms with van der Waals surface area (Å²) in [6.07, 6.45) is 7.26. The van der Waals surface area contributed by atoms with Crippen LogP contribution in [0.5, 0.6) is 34.5 Å². The Bertz CT molecular complexity index is 1510. The highest BCUT2D eigenvalue weighted by Gasteiger charge is 2.10. The Kier molecular flexibility index (Phi) is 11.8. The van der Waals surface area contributed by atoms with Gasteiger partial charge in [0.15, 0.2) is 34.6 Å². The number of carbonyl (C=O) groups is 2. The van der Waals surface area contributed by atoms with Gasteiger partial charge in [0.2, 0.25) is 0 Å². The zero-order chi connectivity index (χ0) is 32.0. The predicted octanol–water partition coefficient (Wildman–Crippen LogP) is 7.36. The number of allylic oxidation sites excluding steroid dienone is 2. The van der Waals surface area contributed by atoms with Crippen molar-refractivity contribution in [3.63, 3.8) is 0 Å². The predicted molar refractivity (Wildman–Crippen MR) is 174 cm³/mol. The van der Waals surface area contributed by atoms with Crippen LogP contribution in [0.2, 0.25) is 0 Å². The third kappa shape index (κ3) is 9.24. The summed E-state index contributed by atoms with van der Waals surface area (Å²) in [5.74, 6) is 3.35. The van der Waals surface area contributed by atoms with Gasteiger partial charge in [-0.25, -0.2) is 0 Å². The molecule has 0 unspecified atom stereocenters. The largest absolute Gasteiger partial charge is 0.493 e. The van der Waals surface area contributed by atoms with Crippen molar-refractivity contribution < 1.29 is 38.0 Å². The van der Waals surface area contributed by atoms with Crippen LogP contribution in [0.15, 0.2) is 97.1 Å². The van der Waals surface area contributed by atoms with E-state index < -0.39 is 0 Å². The first-order valence-corrected chi connectivity index (χ1v) is 14.3. The lowest BCUT2D eigenvalue weighted by Crippen LogP contribution is -2.05. The molecule has 0 heterocycles. The number of hydrogen-bond donors (Lipinski definition) is 0. The van der Waals surface area contributed by atoms with E-state index in [2.05, 4.69) is 0 Å². The highest BCUT2D eigenvalue weighted by Crippen LogP contribution is 2.29. The Hall–Kier alpha value is -5.50. The maximum Gasteiger partial charge on any atom is 0.185 e. The van der Waals surface area contributed by atoms with Crippen molar-refractivity contribution in [1.82, 2.24) is 0 Å². The lowest BCUT2D eigenvalue weighted by Gasteiger charge is -2.09. The van der Waals surface area contributed by atoms with Gasteiger partial charge in [0.1, 0.15) is 11.5 Å². The minimum absolute atomic E-state index is 0.136. The molecule has 0 saturated carbocycles. The second-order valence-corrected chi connectivity index (χ2v) is 9.72. The number of benzene rings is 4. The van der Waals surface area contributed by atoms with Crippen molar-refractivity contribution in [3.8, 4) is 34.5 Å². The summed E-state index contributed by atoms with van der Waals surface area (Å²) in [5, 5.41) is 0. The molecule has 0 amide bonds. The van der Waals surface area contributed by atoms with Crippen molar-refractivity contribution in [1.29, 1.82) is 0 Å². The molecule has 0 aliphatic carbocycles. The average molecular weight is 609 g/mol. The number of hydrogen-bond acceptors (Lipinski definition) is 8. The molecule has 0 aliphatic heterocycles. The van der Waals surface area contributed by atoms with Crippen molar-refractivity contribution in [2.24, 2.45) is 0 Å². The molecule has 0 N–H and O–H groups in total. The molecular formula is C37H36O8. The van der Waals surface area contributed by atoms with Crippen LogP contribution in [0.25, 0.3) is 12.2 Å². The molecule has 4 aromatic carbocycles. The van der Waals surface area contributed by atoms with Crippen molar-refractivity contribution in [3.05, 3.63) is 119 Å². The SMILES string of the molecule is COc1ccc(C(=O)/C=C\c2ccc(OCCCOc3ccc(/C=C\C(=O)c4ccc(OC)c(OC)c4)cc3)cc2)cc1OC. The first-order valence-electron chi connectivity index (χ1n) is 14.3. The molecule has 8 heteroatoms. The average Bonchev–Trinajstić information content (AvgIpc) is 3.09. The first kappa shape index (κ1) is 32.4. The zero-order valence-corrected chi connectivity index (χ0v) is 25.8. The Morgan fingerprint density at radius 3 is 1.24 bits per heavy atom. The van der Waals surface area contributed by atoms with Gasteiger partial charge < -0.3 is 28.4 Å². The maximum absolute atomic E-state index is 12.6. The summed E-state index contributed by atoms with van der Waals surface area (Å²) < 4.78 is 32.6. The molecule has 0 bridgehead atoms. The van der Waals surface area contributed by atoms with Crippen LogP contribution in [0, 0.1) is 0 Å². The van der Waals surface area contributed by atoms with Crippen molar-refractivity contribution in [2.45, 2.75) is 6.42 Å². The molecular weight excluding hydrogens is 572 g/mol. The summed E-state index contributed by atoms with van der Waals surface area (Å²) in [6.45, 7) is 0.984. The van der Waals surface area contributed by atoms with Crippen LogP contribution >= 0.6 is 0 Å². The van der Waals surface area contributed by atoms with Crippen LogP contribution < -0.4 is 28.4 Å². The Morgan fingerprint density at radius 2 is 0.889 bits per heavy atom. The van der Waals surface area contributed by atoms with E-state index in [-0.39, 0.29) is 11.6 Å². The van der Waals surface area contributed by atoms with E-state index in [1.54, 1.807) is 62.8 Å². The second kappa shape index (κ2) is 16.4. The van der Waals surface area contributed by atoms with Gasteiger partial charge in [-0.15, -0.1) is 0 Å². The van der Waals surface area contributed by atoms with Crippen LogP contribution in [0.1, 0.15) is 38.3 Å². The third-order valence-corrected chi connectivity index (χ3v) is 6.78. The number of ether oxygens (including phenoxy) is 6. The summed E-state index contributed by atoms with van der Waals surface area (Å²) in [7, 11) is 6.17. The summed E-state index contributed by atoms with van der Waals surface area (Å²) >= 11 is 0. The smallest absolute Gasteiger partial charge is 0.185 e. The van der Waals surface area contributed by atoms with Crippen LogP contribution in [-0.4, -0.2) is 53.2 Å². The number of rotatable bonds is 16. The fourth-order valence-corrected chi connectivity index (χ4v) is 4.30. The number of ketones is 2. The molecule has 0 aliphatic rings. The molecule has 4 rings (SSSR count). The zero-order valence-electron chi connectivity index (χ0n) is 25.8. The fourth-order valence-electron chi connectivity index (χ4n) is 4.30. The van der Waals surface area contributed by atoms with E-state index in [1.807, 2.05) is 48.5 Å².